The van der Waals surface area contributed by atoms with Gasteiger partial charge in [-0.05, 0) is 24.0 Å². The van der Waals surface area contributed by atoms with Crippen molar-refractivity contribution in [2.45, 2.75) is 24.1 Å². The van der Waals surface area contributed by atoms with E-state index in [0.29, 0.717) is 12.8 Å². The quantitative estimate of drug-likeness (QED) is 0.870. The van der Waals surface area contributed by atoms with Crippen LogP contribution in [-0.4, -0.2) is 39.8 Å². The Balaban J connectivity index is 2.22. The average Bonchev–Trinajstić information content (AvgIpc) is 2.36. The minimum Gasteiger partial charge on any atom is -0.323 e. The van der Waals surface area contributed by atoms with Crippen molar-refractivity contribution in [3.8, 4) is 0 Å². The van der Waals surface area contributed by atoms with E-state index in [9.17, 15) is 16.8 Å². The molecule has 0 saturated heterocycles. The maximum Gasteiger partial charge on any atom is 0.156 e. The molecule has 0 radical (unpaired) electrons. The molecule has 1 aromatic rings. The Hall–Kier alpha value is -0.920. The molecule has 20 heavy (non-hydrogen) atoms. The summed E-state index contributed by atoms with van der Waals surface area (Å²) in [5.41, 5.74) is 8.02. The third kappa shape index (κ3) is 3.39. The number of nitrogens with two attached hydrogens (primary N) is 1. The third-order valence-corrected chi connectivity index (χ3v) is 7.14. The van der Waals surface area contributed by atoms with E-state index < -0.39 is 31.0 Å². The van der Waals surface area contributed by atoms with Crippen LogP contribution in [0.1, 0.15) is 23.6 Å². The molecule has 0 heterocycles. The zero-order chi connectivity index (χ0) is 15.0. The van der Waals surface area contributed by atoms with Gasteiger partial charge in [-0.1, -0.05) is 24.3 Å². The van der Waals surface area contributed by atoms with Crippen LogP contribution in [-0.2, 0) is 26.1 Å². The molecule has 1 aromatic carbocycles. The van der Waals surface area contributed by atoms with Gasteiger partial charge in [-0.2, -0.15) is 0 Å². The van der Waals surface area contributed by atoms with E-state index in [1.165, 1.54) is 0 Å². The van der Waals surface area contributed by atoms with Crippen molar-refractivity contribution < 1.29 is 16.8 Å². The van der Waals surface area contributed by atoms with Crippen molar-refractivity contribution in [2.75, 3.05) is 17.8 Å². The standard InChI is InChI=1S/C13H19NO4S2/c1-19(15,16)8-9-20(17,18)12-7-6-10-4-2-3-5-11(10)13(12)14/h2-5,12-13H,6-9,14H2,1H3. The first kappa shape index (κ1) is 15.5. The molecule has 2 N–H and O–H groups in total. The molecule has 0 saturated carbocycles. The van der Waals surface area contributed by atoms with Crippen LogP contribution < -0.4 is 5.73 Å². The van der Waals surface area contributed by atoms with Crippen molar-refractivity contribution >= 4 is 19.7 Å². The molecule has 0 fully saturated rings. The van der Waals surface area contributed by atoms with Crippen LogP contribution in [0.5, 0.6) is 0 Å². The smallest absolute Gasteiger partial charge is 0.156 e. The van der Waals surface area contributed by atoms with Gasteiger partial charge in [0.1, 0.15) is 9.84 Å². The number of rotatable bonds is 4. The summed E-state index contributed by atoms with van der Waals surface area (Å²) in [5.74, 6) is -0.702. The summed E-state index contributed by atoms with van der Waals surface area (Å²) in [6.45, 7) is 0. The van der Waals surface area contributed by atoms with Crippen LogP contribution in [0.4, 0.5) is 0 Å². The molecule has 0 spiro atoms. The van der Waals surface area contributed by atoms with Gasteiger partial charge in [-0.15, -0.1) is 0 Å². The first-order valence-electron chi connectivity index (χ1n) is 6.43. The van der Waals surface area contributed by atoms with E-state index >= 15 is 0 Å². The summed E-state index contributed by atoms with van der Waals surface area (Å²) in [6, 6.07) is 6.96. The first-order valence-corrected chi connectivity index (χ1v) is 10.2. The Morgan fingerprint density at radius 2 is 1.80 bits per heavy atom. The molecule has 1 aliphatic carbocycles. The Kier molecular flexibility index (Phi) is 4.22. The second-order valence-electron chi connectivity index (χ2n) is 5.30. The molecule has 112 valence electrons. The van der Waals surface area contributed by atoms with Gasteiger partial charge in [0.2, 0.25) is 0 Å². The lowest BCUT2D eigenvalue weighted by Crippen LogP contribution is -2.39. The molecule has 0 aliphatic heterocycles. The van der Waals surface area contributed by atoms with E-state index in [-0.39, 0.29) is 11.5 Å². The first-order chi connectivity index (χ1) is 9.21. The summed E-state index contributed by atoms with van der Waals surface area (Å²) in [4.78, 5) is 0. The maximum atomic E-state index is 12.3. The molecule has 2 atom stereocenters. The lowest BCUT2D eigenvalue weighted by atomic mass is 9.88. The Morgan fingerprint density at radius 3 is 2.45 bits per heavy atom. The van der Waals surface area contributed by atoms with Crippen LogP contribution in [0.25, 0.3) is 0 Å². The van der Waals surface area contributed by atoms with Gasteiger partial charge >= 0.3 is 0 Å². The normalized spacial score (nSPS) is 23.3. The SMILES string of the molecule is CS(=O)(=O)CCS(=O)(=O)C1CCc2ccccc2C1N. The molecule has 0 amide bonds. The molecule has 0 bridgehead atoms. The summed E-state index contributed by atoms with van der Waals surface area (Å²) >= 11 is 0. The van der Waals surface area contributed by atoms with E-state index in [1.54, 1.807) is 0 Å². The van der Waals surface area contributed by atoms with Gasteiger partial charge in [-0.25, -0.2) is 16.8 Å². The fraction of sp³-hybridized carbons (Fsp3) is 0.538. The molecule has 1 aliphatic rings. The van der Waals surface area contributed by atoms with Crippen LogP contribution in [0.2, 0.25) is 0 Å². The van der Waals surface area contributed by atoms with Crippen LogP contribution >= 0.6 is 0 Å². The van der Waals surface area contributed by atoms with E-state index in [4.69, 9.17) is 5.73 Å². The highest BCUT2D eigenvalue weighted by Gasteiger charge is 2.36. The third-order valence-electron chi connectivity index (χ3n) is 3.71. The van der Waals surface area contributed by atoms with Gasteiger partial charge < -0.3 is 5.73 Å². The maximum absolute atomic E-state index is 12.3. The second kappa shape index (κ2) is 5.46. The highest BCUT2D eigenvalue weighted by molar-refractivity contribution is 7.95. The minimum absolute atomic E-state index is 0.347. The Labute approximate surface area is 120 Å². The lowest BCUT2D eigenvalue weighted by molar-refractivity contribution is 0.521. The highest BCUT2D eigenvalue weighted by atomic mass is 32.2. The average molecular weight is 317 g/mol. The molecular formula is C13H19NO4S2. The molecule has 2 rings (SSSR count). The largest absolute Gasteiger partial charge is 0.323 e. The zero-order valence-corrected chi connectivity index (χ0v) is 13.0. The molecule has 5 nitrogen and oxygen atoms in total. The summed E-state index contributed by atoms with van der Waals surface area (Å²) in [5, 5.41) is -0.695. The topological polar surface area (TPSA) is 94.3 Å². The fourth-order valence-electron chi connectivity index (χ4n) is 2.59. The van der Waals surface area contributed by atoms with Gasteiger partial charge in [0.05, 0.1) is 16.8 Å². The monoisotopic (exact) mass is 317 g/mol. The van der Waals surface area contributed by atoms with Crippen molar-refractivity contribution in [1.82, 2.24) is 0 Å². The minimum atomic E-state index is -3.51. The summed E-state index contributed by atoms with van der Waals surface area (Å²) in [6.07, 6.45) is 2.15. The predicted octanol–water partition coefficient (Wildman–Crippen LogP) is 0.461. The number of hydrogen-bond donors (Lipinski definition) is 1. The van der Waals surface area contributed by atoms with Gasteiger partial charge in [0.15, 0.2) is 9.84 Å². The molecule has 7 heteroatoms. The van der Waals surface area contributed by atoms with E-state index in [2.05, 4.69) is 0 Å². The number of benzene rings is 1. The van der Waals surface area contributed by atoms with E-state index in [1.807, 2.05) is 24.3 Å². The summed E-state index contributed by atoms with van der Waals surface area (Å²) in [7, 11) is -6.81. The van der Waals surface area contributed by atoms with Crippen molar-refractivity contribution in [3.63, 3.8) is 0 Å². The molecular weight excluding hydrogens is 298 g/mol. The van der Waals surface area contributed by atoms with Gasteiger partial charge in [-0.3, -0.25) is 0 Å². The van der Waals surface area contributed by atoms with Crippen molar-refractivity contribution in [1.29, 1.82) is 0 Å². The second-order valence-corrected chi connectivity index (χ2v) is 9.90. The van der Waals surface area contributed by atoms with Crippen LogP contribution in [0.3, 0.4) is 0 Å². The number of fused-ring (bicyclic) bond motifs is 1. The number of sulfone groups is 2. The Bertz CT molecular complexity index is 695. The Morgan fingerprint density at radius 1 is 1.15 bits per heavy atom. The van der Waals surface area contributed by atoms with Crippen molar-refractivity contribution in [2.24, 2.45) is 5.73 Å². The molecule has 0 aromatic heterocycles. The number of aryl methyl sites for hydroxylation is 1. The van der Waals surface area contributed by atoms with Crippen LogP contribution in [0.15, 0.2) is 24.3 Å². The van der Waals surface area contributed by atoms with Gasteiger partial charge in [0, 0.05) is 12.3 Å². The number of hydrogen-bond acceptors (Lipinski definition) is 5. The van der Waals surface area contributed by atoms with Crippen LogP contribution in [0, 0.1) is 0 Å². The van der Waals surface area contributed by atoms with E-state index in [0.717, 1.165) is 17.4 Å². The fourth-order valence-corrected chi connectivity index (χ4v) is 6.10. The zero-order valence-electron chi connectivity index (χ0n) is 11.3. The lowest BCUT2D eigenvalue weighted by Gasteiger charge is -2.30. The van der Waals surface area contributed by atoms with Gasteiger partial charge in [0.25, 0.3) is 0 Å². The summed E-state index contributed by atoms with van der Waals surface area (Å²) < 4.78 is 46.9. The predicted molar refractivity (Wildman–Crippen MR) is 79.0 cm³/mol. The molecule has 2 unspecified atom stereocenters. The highest BCUT2D eigenvalue weighted by Crippen LogP contribution is 2.32. The van der Waals surface area contributed by atoms with Crippen molar-refractivity contribution in [3.05, 3.63) is 35.4 Å².